The first kappa shape index (κ1) is 21.7. The maximum absolute atomic E-state index is 13.4. The number of ketones is 1. The van der Waals surface area contributed by atoms with Crippen molar-refractivity contribution in [3.05, 3.63) is 11.6 Å². The van der Waals surface area contributed by atoms with Crippen molar-refractivity contribution < 1.29 is 19.1 Å². The van der Waals surface area contributed by atoms with Gasteiger partial charge in [0.1, 0.15) is 16.8 Å². The number of hydrogen-bond donors (Lipinski definition) is 1. The van der Waals surface area contributed by atoms with Crippen molar-refractivity contribution in [1.29, 1.82) is 0 Å². The molecule has 0 aromatic heterocycles. The van der Waals surface area contributed by atoms with Gasteiger partial charge in [-0.1, -0.05) is 53.5 Å². The molecule has 1 aliphatic heterocycles. The smallest absolute Gasteiger partial charge is 0.192 e. The lowest BCUT2D eigenvalue weighted by molar-refractivity contribution is -0.162. The molecule has 2 bridgehead atoms. The lowest BCUT2D eigenvalue weighted by atomic mass is 9.62. The van der Waals surface area contributed by atoms with Crippen LogP contribution in [-0.2, 0) is 14.0 Å². The Morgan fingerprint density at radius 1 is 1.21 bits per heavy atom. The second-order valence-electron chi connectivity index (χ2n) is 12.3. The van der Waals surface area contributed by atoms with E-state index in [0.717, 1.165) is 32.1 Å². The zero-order valence-corrected chi connectivity index (χ0v) is 20.6. The van der Waals surface area contributed by atoms with E-state index >= 15 is 0 Å². The molecule has 4 nitrogen and oxygen atoms in total. The Balaban J connectivity index is 1.89. The number of carbonyl (C=O) groups excluding carboxylic acids is 1. The normalized spacial score (nSPS) is 44.2. The molecule has 5 atom stereocenters. The molecule has 0 aromatic carbocycles. The van der Waals surface area contributed by atoms with Crippen molar-refractivity contribution in [2.24, 2.45) is 11.3 Å². The molecule has 5 heteroatoms. The van der Waals surface area contributed by atoms with Crippen LogP contribution in [0.25, 0.3) is 0 Å². The number of fused-ring (bicyclic) bond motifs is 2. The summed E-state index contributed by atoms with van der Waals surface area (Å²) in [5.41, 5.74) is -2.04. The summed E-state index contributed by atoms with van der Waals surface area (Å²) >= 11 is 0. The molecule has 0 radical (unpaired) electrons. The highest BCUT2D eigenvalue weighted by molar-refractivity contribution is 6.74. The Hall–Kier alpha value is -0.493. The third-order valence-corrected chi connectivity index (χ3v) is 13.9. The predicted molar refractivity (Wildman–Crippen MR) is 117 cm³/mol. The topological polar surface area (TPSA) is 59.1 Å². The second-order valence-corrected chi connectivity index (χ2v) is 17.1. The van der Waals surface area contributed by atoms with Gasteiger partial charge in [0.05, 0.1) is 6.10 Å². The first-order chi connectivity index (χ1) is 13.1. The second kappa shape index (κ2) is 6.05. The van der Waals surface area contributed by atoms with Gasteiger partial charge < -0.3 is 14.3 Å². The number of allylic oxidation sites excluding steroid dienone is 1. The fourth-order valence-electron chi connectivity index (χ4n) is 6.23. The minimum Gasteiger partial charge on any atom is -0.411 e. The van der Waals surface area contributed by atoms with Crippen LogP contribution in [0.15, 0.2) is 11.6 Å². The Bertz CT molecular complexity index is 763. The highest BCUT2D eigenvalue weighted by Crippen LogP contribution is 2.70. The maximum atomic E-state index is 13.4. The molecule has 2 saturated carbocycles. The zero-order valence-electron chi connectivity index (χ0n) is 19.6. The van der Waals surface area contributed by atoms with E-state index in [1.54, 1.807) is 0 Å². The van der Waals surface area contributed by atoms with Crippen LogP contribution in [-0.4, -0.2) is 42.1 Å². The van der Waals surface area contributed by atoms with Crippen molar-refractivity contribution >= 4 is 14.1 Å². The van der Waals surface area contributed by atoms with Gasteiger partial charge in [0.15, 0.2) is 14.1 Å². The summed E-state index contributed by atoms with van der Waals surface area (Å²) in [5.74, 6) is -0.0622. The number of carbonyl (C=O) groups is 1. The first-order valence-electron chi connectivity index (χ1n) is 11.5. The van der Waals surface area contributed by atoms with Crippen LogP contribution in [0.2, 0.25) is 18.1 Å². The van der Waals surface area contributed by atoms with Crippen molar-refractivity contribution in [2.75, 3.05) is 0 Å². The highest BCUT2D eigenvalue weighted by Gasteiger charge is 2.81. The summed E-state index contributed by atoms with van der Waals surface area (Å²) in [6, 6.07) is 0. The van der Waals surface area contributed by atoms with Gasteiger partial charge in [-0.25, -0.2) is 0 Å². The van der Waals surface area contributed by atoms with Gasteiger partial charge in [0, 0.05) is 11.8 Å². The number of epoxide rings is 1. The molecule has 1 heterocycles. The van der Waals surface area contributed by atoms with E-state index in [0.29, 0.717) is 12.0 Å². The van der Waals surface area contributed by atoms with Gasteiger partial charge in [-0.2, -0.15) is 0 Å². The van der Waals surface area contributed by atoms with Gasteiger partial charge in [0.2, 0.25) is 0 Å². The SMILES string of the molecule is CC1=CC[C@H]2[C@@H](O[Si](C)(C)C(C)(C)C)[C@@]34CCCC[C@]3(C[C@@](O)(C1=O)C2(C)C)O4. The van der Waals surface area contributed by atoms with E-state index < -0.39 is 24.9 Å². The van der Waals surface area contributed by atoms with Crippen LogP contribution in [0.1, 0.15) is 80.1 Å². The van der Waals surface area contributed by atoms with Gasteiger partial charge >= 0.3 is 0 Å². The summed E-state index contributed by atoms with van der Waals surface area (Å²) in [7, 11) is -2.08. The fourth-order valence-corrected chi connectivity index (χ4v) is 7.58. The lowest BCUT2D eigenvalue weighted by Gasteiger charge is -2.49. The largest absolute Gasteiger partial charge is 0.411 e. The molecule has 1 saturated heterocycles. The average Bonchev–Trinajstić information content (AvgIpc) is 3.28. The van der Waals surface area contributed by atoms with Crippen LogP contribution in [0.4, 0.5) is 0 Å². The van der Waals surface area contributed by atoms with Gasteiger partial charge in [-0.15, -0.1) is 0 Å². The monoisotopic (exact) mass is 420 g/mol. The number of Topliss-reactive ketones (excluding diaryl/α,β-unsaturated/α-hetero) is 1. The van der Waals surface area contributed by atoms with Crippen molar-refractivity contribution in [3.63, 3.8) is 0 Å². The highest BCUT2D eigenvalue weighted by atomic mass is 28.4. The Morgan fingerprint density at radius 3 is 2.45 bits per heavy atom. The summed E-state index contributed by atoms with van der Waals surface area (Å²) in [6.07, 6.45) is 7.26. The number of rotatable bonds is 2. The molecule has 4 aliphatic rings. The standard InChI is InChI=1S/C24H40O4Si/c1-16-11-12-17-19(27-29(7,8)20(2,3)4)24-14-10-9-13-22(24,28-24)15-23(26,18(16)25)21(17,5)6/h11,17,19,26H,9-10,12-15H2,1-8H3/t17-,19+,22+,23+,24-/m0/s1. The van der Waals surface area contributed by atoms with Crippen molar-refractivity contribution in [1.82, 2.24) is 0 Å². The molecule has 0 unspecified atom stereocenters. The third-order valence-electron chi connectivity index (χ3n) is 9.48. The Labute approximate surface area is 177 Å². The molecule has 164 valence electrons. The van der Waals surface area contributed by atoms with Crippen LogP contribution >= 0.6 is 0 Å². The zero-order chi connectivity index (χ0) is 21.7. The van der Waals surface area contributed by atoms with Gasteiger partial charge in [-0.05, 0) is 55.8 Å². The minimum atomic E-state index is -2.08. The minimum absolute atomic E-state index is 0.0468. The van der Waals surface area contributed by atoms with Gasteiger partial charge in [0.25, 0.3) is 0 Å². The van der Waals surface area contributed by atoms with E-state index in [4.69, 9.17) is 9.16 Å². The number of ether oxygens (including phenoxy) is 1. The molecule has 0 spiro atoms. The van der Waals surface area contributed by atoms with Gasteiger partial charge in [-0.3, -0.25) is 4.79 Å². The van der Waals surface area contributed by atoms with Crippen LogP contribution in [0.3, 0.4) is 0 Å². The van der Waals surface area contributed by atoms with Crippen LogP contribution in [0, 0.1) is 11.3 Å². The molecule has 0 aromatic rings. The maximum Gasteiger partial charge on any atom is 0.192 e. The Kier molecular flexibility index (Phi) is 4.54. The van der Waals surface area contributed by atoms with Crippen molar-refractivity contribution in [2.45, 2.75) is 121 Å². The van der Waals surface area contributed by atoms with E-state index in [-0.39, 0.29) is 28.4 Å². The molecule has 3 fully saturated rings. The molecule has 29 heavy (non-hydrogen) atoms. The quantitative estimate of drug-likeness (QED) is 0.495. The average molecular weight is 421 g/mol. The van der Waals surface area contributed by atoms with E-state index in [1.807, 2.05) is 13.0 Å². The van der Waals surface area contributed by atoms with E-state index in [2.05, 4.69) is 47.7 Å². The summed E-state index contributed by atoms with van der Waals surface area (Å²) in [6.45, 7) is 17.5. The van der Waals surface area contributed by atoms with E-state index in [9.17, 15) is 9.90 Å². The van der Waals surface area contributed by atoms with E-state index in [1.165, 1.54) is 0 Å². The number of aliphatic hydroxyl groups is 1. The predicted octanol–water partition coefficient (Wildman–Crippen LogP) is 5.15. The van der Waals surface area contributed by atoms with Crippen LogP contribution in [0.5, 0.6) is 0 Å². The molecule has 3 aliphatic carbocycles. The summed E-state index contributed by atoms with van der Waals surface area (Å²) in [4.78, 5) is 13.4. The Morgan fingerprint density at radius 2 is 1.83 bits per heavy atom. The summed E-state index contributed by atoms with van der Waals surface area (Å²) < 4.78 is 13.8. The molecule has 1 N–H and O–H groups in total. The third kappa shape index (κ3) is 2.69. The van der Waals surface area contributed by atoms with Crippen LogP contribution < -0.4 is 0 Å². The molecular weight excluding hydrogens is 380 g/mol. The first-order valence-corrected chi connectivity index (χ1v) is 14.4. The summed E-state index contributed by atoms with van der Waals surface area (Å²) in [5, 5.41) is 12.1. The molecule has 4 rings (SSSR count). The molecular formula is C24H40O4Si. The lowest BCUT2D eigenvalue weighted by Crippen LogP contribution is -2.58. The molecule has 0 amide bonds. The fraction of sp³-hybridized carbons (Fsp3) is 0.875. The van der Waals surface area contributed by atoms with Crippen molar-refractivity contribution in [3.8, 4) is 0 Å². The number of hydrogen-bond acceptors (Lipinski definition) is 4.